The number of carbonyl (C=O) groups is 2. The highest BCUT2D eigenvalue weighted by Gasteiger charge is 2.25. The van der Waals surface area contributed by atoms with E-state index < -0.39 is 0 Å². The van der Waals surface area contributed by atoms with Gasteiger partial charge in [0.25, 0.3) is 11.8 Å². The smallest absolute Gasteiger partial charge is 0.272 e. The van der Waals surface area contributed by atoms with E-state index in [1.54, 1.807) is 7.11 Å². The van der Waals surface area contributed by atoms with Gasteiger partial charge in [0, 0.05) is 102 Å². The second kappa shape index (κ2) is 20.7. The minimum Gasteiger partial charge on any atom is -0.496 e. The number of nitriles is 2. The molecule has 14 nitrogen and oxygen atoms in total. The summed E-state index contributed by atoms with van der Waals surface area (Å²) in [5, 5.41) is 19.0. The molecule has 9 rings (SSSR count). The third-order valence-electron chi connectivity index (χ3n) is 12.0. The number of hydrogen-bond donors (Lipinski definition) is 0. The SMILES string of the molecule is COc1cc(C(=O)N2CCN(Cc3cncn3Cc3ccc(C#N)cc3)CC2)ccc1C.N#Cc1ccc(Cn2cncc2CN2CCN(C(=O)c3ccc4ccccc4n3)CC2)cc1. The van der Waals surface area contributed by atoms with Crippen molar-refractivity contribution in [3.05, 3.63) is 179 Å². The molecule has 0 spiro atoms. The predicted molar refractivity (Wildman–Crippen MR) is 247 cm³/mol. The van der Waals surface area contributed by atoms with Crippen molar-refractivity contribution in [3.8, 4) is 17.9 Å². The van der Waals surface area contributed by atoms with E-state index in [-0.39, 0.29) is 11.8 Å². The quantitative estimate of drug-likeness (QED) is 0.143. The van der Waals surface area contributed by atoms with Crippen LogP contribution in [-0.2, 0) is 26.2 Å². The summed E-state index contributed by atoms with van der Waals surface area (Å²) in [4.78, 5) is 47.6. The van der Waals surface area contributed by atoms with Crippen molar-refractivity contribution in [1.29, 1.82) is 10.5 Å². The molecular formula is C51H51N11O3. The van der Waals surface area contributed by atoms with Gasteiger partial charge in [0.05, 0.1) is 59.9 Å². The van der Waals surface area contributed by atoms with Gasteiger partial charge in [-0.3, -0.25) is 19.4 Å². The Kier molecular flexibility index (Phi) is 14.0. The Labute approximate surface area is 379 Å². The molecule has 14 heteroatoms. The molecule has 2 fully saturated rings. The number of rotatable bonds is 11. The minimum absolute atomic E-state index is 0.00809. The Morgan fingerprint density at radius 1 is 0.615 bits per heavy atom. The first-order valence-electron chi connectivity index (χ1n) is 21.8. The van der Waals surface area contributed by atoms with Crippen molar-refractivity contribution in [2.75, 3.05) is 59.5 Å². The van der Waals surface area contributed by atoms with E-state index in [4.69, 9.17) is 15.3 Å². The number of amides is 2. The predicted octanol–water partition coefficient (Wildman–Crippen LogP) is 6.39. The van der Waals surface area contributed by atoms with Crippen molar-refractivity contribution in [1.82, 2.24) is 43.7 Å². The number of para-hydroxylation sites is 1. The number of nitrogens with zero attached hydrogens (tertiary/aromatic N) is 11. The van der Waals surface area contributed by atoms with Crippen LogP contribution in [0, 0.1) is 29.6 Å². The van der Waals surface area contributed by atoms with Gasteiger partial charge in [-0.05, 0) is 72.1 Å². The molecule has 0 unspecified atom stereocenters. The molecule has 328 valence electrons. The molecule has 0 bridgehead atoms. The van der Waals surface area contributed by atoms with Crippen molar-refractivity contribution in [2.24, 2.45) is 0 Å². The molecule has 2 amide bonds. The summed E-state index contributed by atoms with van der Waals surface area (Å²) in [6.45, 7) is 11.0. The maximum absolute atomic E-state index is 13.0. The van der Waals surface area contributed by atoms with E-state index in [0.29, 0.717) is 55.1 Å². The first-order valence-corrected chi connectivity index (χ1v) is 21.8. The van der Waals surface area contributed by atoms with Crippen LogP contribution < -0.4 is 4.74 Å². The lowest BCUT2D eigenvalue weighted by Crippen LogP contribution is -2.48. The number of benzene rings is 4. The summed E-state index contributed by atoms with van der Waals surface area (Å²) >= 11 is 0. The Hall–Kier alpha value is -7.65. The van der Waals surface area contributed by atoms with Gasteiger partial charge in [-0.25, -0.2) is 15.0 Å². The summed E-state index contributed by atoms with van der Waals surface area (Å²) < 4.78 is 9.64. The molecule has 2 aliphatic heterocycles. The largest absolute Gasteiger partial charge is 0.496 e. The van der Waals surface area contributed by atoms with E-state index in [1.165, 1.54) is 0 Å². The number of ether oxygens (including phenoxy) is 1. The first kappa shape index (κ1) is 44.0. The van der Waals surface area contributed by atoms with Gasteiger partial charge in [-0.1, -0.05) is 54.6 Å². The van der Waals surface area contributed by atoms with Gasteiger partial charge in [0.15, 0.2) is 0 Å². The summed E-state index contributed by atoms with van der Waals surface area (Å²) in [5.74, 6) is 0.782. The van der Waals surface area contributed by atoms with Crippen molar-refractivity contribution < 1.29 is 14.3 Å². The lowest BCUT2D eigenvalue weighted by atomic mass is 10.1. The van der Waals surface area contributed by atoms with Gasteiger partial charge in [0.2, 0.25) is 0 Å². The lowest BCUT2D eigenvalue weighted by Gasteiger charge is -2.34. The fraction of sp³-hybridized carbons (Fsp3) is 0.275. The fourth-order valence-electron chi connectivity index (χ4n) is 8.17. The van der Waals surface area contributed by atoms with Crippen molar-refractivity contribution in [3.63, 3.8) is 0 Å². The maximum Gasteiger partial charge on any atom is 0.272 e. The summed E-state index contributed by atoms with van der Waals surface area (Å²) in [7, 11) is 1.63. The summed E-state index contributed by atoms with van der Waals surface area (Å²) in [5.41, 5.74) is 8.89. The van der Waals surface area contributed by atoms with Gasteiger partial charge in [-0.2, -0.15) is 10.5 Å². The number of hydrogen-bond acceptors (Lipinski definition) is 10. The summed E-state index contributed by atoms with van der Waals surface area (Å²) in [6.07, 6.45) is 7.50. The highest BCUT2D eigenvalue weighted by Crippen LogP contribution is 2.22. The first-order chi connectivity index (χ1) is 31.8. The molecule has 0 atom stereocenters. The third kappa shape index (κ3) is 10.9. The molecule has 0 aliphatic carbocycles. The normalized spacial score (nSPS) is 14.3. The molecule has 65 heavy (non-hydrogen) atoms. The fourth-order valence-corrected chi connectivity index (χ4v) is 8.17. The number of aryl methyl sites for hydroxylation is 1. The molecule has 2 aliphatic rings. The standard InChI is InChI=1S/C26H24N6O.C25H27N5O2/c27-15-20-5-7-21(8-6-20)17-32-19-28-16-23(32)18-30-11-13-31(14-12-30)26(33)25-10-9-22-3-1-2-4-24(22)29-25;1-19-3-8-22(13-24(19)32-2)25(31)29-11-9-28(10-12-29)17-23-15-27-18-30(23)16-21-6-4-20(14-26)5-7-21/h1-10,16,19H,11-14,17-18H2;3-8,13,15,18H,9-12,16-17H2,1-2H3. The number of aromatic nitrogens is 5. The zero-order valence-electron chi connectivity index (χ0n) is 36.8. The molecule has 4 aromatic carbocycles. The zero-order valence-corrected chi connectivity index (χ0v) is 36.8. The van der Waals surface area contributed by atoms with Crippen LogP contribution in [-0.4, -0.2) is 115 Å². The maximum atomic E-state index is 13.0. The van der Waals surface area contributed by atoms with Crippen molar-refractivity contribution in [2.45, 2.75) is 33.1 Å². The average molecular weight is 866 g/mol. The van der Waals surface area contributed by atoms with Crippen LogP contribution in [0.1, 0.15) is 60.1 Å². The monoisotopic (exact) mass is 865 g/mol. The third-order valence-corrected chi connectivity index (χ3v) is 12.0. The van der Waals surface area contributed by atoms with Crippen LogP contribution >= 0.6 is 0 Å². The van der Waals surface area contributed by atoms with Crippen molar-refractivity contribution >= 4 is 22.7 Å². The van der Waals surface area contributed by atoms with E-state index >= 15 is 0 Å². The number of imidazole rings is 2. The van der Waals surface area contributed by atoms with Crippen LogP contribution in [0.4, 0.5) is 0 Å². The molecule has 0 saturated carbocycles. The van der Waals surface area contributed by atoms with Gasteiger partial charge in [-0.15, -0.1) is 0 Å². The van der Waals surface area contributed by atoms with E-state index in [2.05, 4.69) is 46.0 Å². The molecule has 3 aromatic heterocycles. The second-order valence-corrected chi connectivity index (χ2v) is 16.4. The number of carbonyl (C=O) groups excluding carboxylic acids is 2. The molecule has 0 N–H and O–H groups in total. The van der Waals surface area contributed by atoms with E-state index in [1.807, 2.05) is 145 Å². The van der Waals surface area contributed by atoms with Crippen LogP contribution in [0.25, 0.3) is 10.9 Å². The zero-order chi connectivity index (χ0) is 45.1. The number of pyridine rings is 1. The van der Waals surface area contributed by atoms with Crippen LogP contribution in [0.3, 0.4) is 0 Å². The van der Waals surface area contributed by atoms with E-state index in [0.717, 1.165) is 90.5 Å². The second-order valence-electron chi connectivity index (χ2n) is 16.4. The Bertz CT molecular complexity index is 2820. The Balaban J connectivity index is 0.000000177. The molecule has 5 heterocycles. The van der Waals surface area contributed by atoms with Crippen LogP contribution in [0.15, 0.2) is 128 Å². The number of methoxy groups -OCH3 is 1. The van der Waals surface area contributed by atoms with Gasteiger partial charge in [0.1, 0.15) is 11.4 Å². The van der Waals surface area contributed by atoms with E-state index in [9.17, 15) is 9.59 Å². The lowest BCUT2D eigenvalue weighted by molar-refractivity contribution is 0.0616. The minimum atomic E-state index is -0.00809. The van der Waals surface area contributed by atoms with Crippen LogP contribution in [0.2, 0.25) is 0 Å². The highest BCUT2D eigenvalue weighted by atomic mass is 16.5. The van der Waals surface area contributed by atoms with Gasteiger partial charge < -0.3 is 23.7 Å². The van der Waals surface area contributed by atoms with Gasteiger partial charge >= 0.3 is 0 Å². The molecule has 7 aromatic rings. The highest BCUT2D eigenvalue weighted by molar-refractivity contribution is 5.95. The number of piperazine rings is 2. The molecule has 2 saturated heterocycles. The summed E-state index contributed by atoms with van der Waals surface area (Å²) in [6, 6.07) is 36.8. The topological polar surface area (TPSA) is 152 Å². The Morgan fingerprint density at radius 3 is 1.66 bits per heavy atom. The average Bonchev–Trinajstić information content (AvgIpc) is 4.00. The molecule has 0 radical (unpaired) electrons. The van der Waals surface area contributed by atoms with Crippen LogP contribution in [0.5, 0.6) is 5.75 Å². The Morgan fingerprint density at radius 2 is 1.14 bits per heavy atom. The molecular weight excluding hydrogens is 815 g/mol. The number of fused-ring (bicyclic) bond motifs is 1.